The fourth-order valence-electron chi connectivity index (χ4n) is 3.72. The molecule has 0 bridgehead atoms. The predicted molar refractivity (Wildman–Crippen MR) is 151 cm³/mol. The summed E-state index contributed by atoms with van der Waals surface area (Å²) < 4.78 is 17.0. The van der Waals surface area contributed by atoms with Crippen molar-refractivity contribution in [3.05, 3.63) is 100 Å². The van der Waals surface area contributed by atoms with Gasteiger partial charge in [0.15, 0.2) is 11.5 Å². The first kappa shape index (κ1) is 27.3. The number of hydrazone groups is 1. The number of nitrogens with zero attached hydrogens (tertiary/aromatic N) is 1. The molecule has 0 radical (unpaired) electrons. The van der Waals surface area contributed by atoms with Crippen LogP contribution >= 0.6 is 15.9 Å². The van der Waals surface area contributed by atoms with E-state index in [-0.39, 0.29) is 17.9 Å². The molecular formula is C29H24BrN3O6. The highest BCUT2D eigenvalue weighted by molar-refractivity contribution is 9.10. The van der Waals surface area contributed by atoms with Gasteiger partial charge in [-0.05, 0) is 53.2 Å². The summed E-state index contributed by atoms with van der Waals surface area (Å²) in [6.45, 7) is -0.278. The van der Waals surface area contributed by atoms with Gasteiger partial charge in [-0.2, -0.15) is 5.10 Å². The lowest BCUT2D eigenvalue weighted by molar-refractivity contribution is -0.120. The zero-order chi connectivity index (χ0) is 27.8. The molecule has 10 heteroatoms. The summed E-state index contributed by atoms with van der Waals surface area (Å²) in [5.74, 6) is -0.416. The molecule has 0 aliphatic carbocycles. The zero-order valence-electron chi connectivity index (χ0n) is 21.1. The summed E-state index contributed by atoms with van der Waals surface area (Å²) >= 11 is 3.31. The summed E-state index contributed by atoms with van der Waals surface area (Å²) in [7, 11) is 2.98. The van der Waals surface area contributed by atoms with Gasteiger partial charge in [0, 0.05) is 15.6 Å². The first-order valence-corrected chi connectivity index (χ1v) is 12.5. The van der Waals surface area contributed by atoms with Gasteiger partial charge in [-0.25, -0.2) is 10.2 Å². The van der Waals surface area contributed by atoms with Crippen molar-refractivity contribution in [3.8, 4) is 17.2 Å². The molecule has 2 amide bonds. The van der Waals surface area contributed by atoms with Crippen molar-refractivity contribution in [3.63, 3.8) is 0 Å². The molecule has 4 rings (SSSR count). The van der Waals surface area contributed by atoms with Gasteiger partial charge in [-0.1, -0.05) is 52.3 Å². The van der Waals surface area contributed by atoms with Gasteiger partial charge in [0.25, 0.3) is 11.8 Å². The maximum absolute atomic E-state index is 13.0. The molecule has 0 spiro atoms. The van der Waals surface area contributed by atoms with Gasteiger partial charge in [-0.15, -0.1) is 0 Å². The lowest BCUT2D eigenvalue weighted by Gasteiger charge is -2.12. The van der Waals surface area contributed by atoms with Crippen LogP contribution in [0.2, 0.25) is 0 Å². The lowest BCUT2D eigenvalue weighted by atomic mass is 10.0. The number of nitrogens with one attached hydrogen (secondary N) is 2. The third-order valence-corrected chi connectivity index (χ3v) is 6.13. The van der Waals surface area contributed by atoms with Crippen molar-refractivity contribution in [1.82, 2.24) is 10.7 Å². The van der Waals surface area contributed by atoms with Crippen LogP contribution in [-0.2, 0) is 4.79 Å². The second kappa shape index (κ2) is 12.7. The number of methoxy groups -OCH3 is 2. The Morgan fingerprint density at radius 1 is 0.846 bits per heavy atom. The first-order valence-electron chi connectivity index (χ1n) is 11.7. The molecule has 0 fully saturated rings. The van der Waals surface area contributed by atoms with Gasteiger partial charge < -0.3 is 19.5 Å². The Bertz CT molecular complexity index is 1570. The third-order valence-electron chi connectivity index (χ3n) is 5.63. The van der Waals surface area contributed by atoms with E-state index in [1.54, 1.807) is 42.5 Å². The molecule has 0 saturated carbocycles. The average Bonchev–Trinajstić information content (AvgIpc) is 2.96. The van der Waals surface area contributed by atoms with E-state index in [2.05, 4.69) is 31.8 Å². The molecule has 0 aliphatic heterocycles. The van der Waals surface area contributed by atoms with E-state index < -0.39 is 17.8 Å². The molecule has 2 N–H and O–H groups in total. The van der Waals surface area contributed by atoms with E-state index in [0.29, 0.717) is 22.6 Å². The number of halogens is 1. The number of benzene rings is 4. The van der Waals surface area contributed by atoms with E-state index in [9.17, 15) is 14.4 Å². The normalized spacial score (nSPS) is 10.7. The monoisotopic (exact) mass is 589 g/mol. The lowest BCUT2D eigenvalue weighted by Crippen LogP contribution is -2.34. The maximum Gasteiger partial charge on any atom is 0.343 e. The Kier molecular flexibility index (Phi) is 8.90. The Labute approximate surface area is 232 Å². The summed E-state index contributed by atoms with van der Waals surface area (Å²) in [6.07, 6.45) is 1.40. The Morgan fingerprint density at radius 3 is 2.38 bits per heavy atom. The minimum Gasteiger partial charge on any atom is -0.493 e. The largest absolute Gasteiger partial charge is 0.493 e. The van der Waals surface area contributed by atoms with Gasteiger partial charge in [0.05, 0.1) is 32.5 Å². The van der Waals surface area contributed by atoms with Crippen molar-refractivity contribution >= 4 is 50.7 Å². The smallest absolute Gasteiger partial charge is 0.343 e. The van der Waals surface area contributed by atoms with E-state index in [0.717, 1.165) is 15.2 Å². The highest BCUT2D eigenvalue weighted by atomic mass is 79.9. The van der Waals surface area contributed by atoms with Crippen molar-refractivity contribution in [2.45, 2.75) is 0 Å². The number of hydrogen-bond acceptors (Lipinski definition) is 7. The van der Waals surface area contributed by atoms with Gasteiger partial charge in [0.1, 0.15) is 5.75 Å². The molecule has 198 valence electrons. The summed E-state index contributed by atoms with van der Waals surface area (Å²) in [5, 5.41) is 8.23. The van der Waals surface area contributed by atoms with Crippen molar-refractivity contribution in [2.75, 3.05) is 20.8 Å². The van der Waals surface area contributed by atoms with Crippen LogP contribution < -0.4 is 25.0 Å². The molecule has 0 unspecified atom stereocenters. The van der Waals surface area contributed by atoms with Crippen molar-refractivity contribution in [1.29, 1.82) is 0 Å². The first-order chi connectivity index (χ1) is 18.9. The molecule has 39 heavy (non-hydrogen) atoms. The Balaban J connectivity index is 1.49. The molecule has 0 atom stereocenters. The van der Waals surface area contributed by atoms with E-state index in [4.69, 9.17) is 14.2 Å². The molecule has 0 aromatic heterocycles. The van der Waals surface area contributed by atoms with E-state index >= 15 is 0 Å². The van der Waals surface area contributed by atoms with E-state index in [1.807, 2.05) is 30.3 Å². The zero-order valence-corrected chi connectivity index (χ0v) is 22.7. The number of carbonyl (C=O) groups is 3. The highest BCUT2D eigenvalue weighted by Crippen LogP contribution is 2.30. The average molecular weight is 590 g/mol. The second-order valence-electron chi connectivity index (χ2n) is 8.14. The fraction of sp³-hybridized carbons (Fsp3) is 0.103. The van der Waals surface area contributed by atoms with Gasteiger partial charge in [0.2, 0.25) is 0 Å². The number of hydrogen-bond donors (Lipinski definition) is 2. The van der Waals surface area contributed by atoms with Crippen LogP contribution in [0.1, 0.15) is 26.3 Å². The molecular weight excluding hydrogens is 566 g/mol. The van der Waals surface area contributed by atoms with Crippen LogP contribution in [0.5, 0.6) is 17.2 Å². The molecule has 0 heterocycles. The van der Waals surface area contributed by atoms with Crippen LogP contribution in [0.25, 0.3) is 10.8 Å². The standard InChI is InChI=1S/C29H24BrN3O6/c1-37-25-13-11-20(15-26(25)38-2)29(36)39-24-12-10-18-6-3-4-9-22(18)23(24)16-32-33-27(34)17-31-28(35)19-7-5-8-21(30)14-19/h3-16H,17H2,1-2H3,(H,31,35)(H,33,34). The van der Waals surface area contributed by atoms with Crippen LogP contribution in [0.15, 0.2) is 88.4 Å². The quantitative estimate of drug-likeness (QED) is 0.126. The second-order valence-corrected chi connectivity index (χ2v) is 9.06. The Morgan fingerprint density at radius 2 is 1.62 bits per heavy atom. The fourth-order valence-corrected chi connectivity index (χ4v) is 4.12. The molecule has 0 aliphatic rings. The number of esters is 1. The highest BCUT2D eigenvalue weighted by Gasteiger charge is 2.16. The molecule has 0 saturated heterocycles. The molecule has 4 aromatic carbocycles. The number of carbonyl (C=O) groups excluding carboxylic acids is 3. The van der Waals surface area contributed by atoms with Crippen LogP contribution in [-0.4, -0.2) is 44.8 Å². The van der Waals surface area contributed by atoms with Crippen LogP contribution in [0.4, 0.5) is 0 Å². The topological polar surface area (TPSA) is 115 Å². The number of amides is 2. The molecule has 4 aromatic rings. The van der Waals surface area contributed by atoms with Gasteiger partial charge in [-0.3, -0.25) is 9.59 Å². The maximum atomic E-state index is 13.0. The number of ether oxygens (including phenoxy) is 3. The summed E-state index contributed by atoms with van der Waals surface area (Å²) in [6, 6.07) is 22.5. The van der Waals surface area contributed by atoms with Crippen LogP contribution in [0, 0.1) is 0 Å². The van der Waals surface area contributed by atoms with Crippen molar-refractivity contribution in [2.24, 2.45) is 5.10 Å². The van der Waals surface area contributed by atoms with Crippen molar-refractivity contribution < 1.29 is 28.6 Å². The third kappa shape index (κ3) is 6.79. The molecule has 9 nitrogen and oxygen atoms in total. The summed E-state index contributed by atoms with van der Waals surface area (Å²) in [4.78, 5) is 37.5. The van der Waals surface area contributed by atoms with E-state index in [1.165, 1.54) is 26.5 Å². The number of fused-ring (bicyclic) bond motifs is 1. The summed E-state index contributed by atoms with van der Waals surface area (Å²) in [5.41, 5.74) is 3.55. The predicted octanol–water partition coefficient (Wildman–Crippen LogP) is 4.72. The Hall–Kier alpha value is -4.70. The van der Waals surface area contributed by atoms with Gasteiger partial charge >= 0.3 is 5.97 Å². The SMILES string of the molecule is COc1ccc(C(=O)Oc2ccc3ccccc3c2C=NNC(=O)CNC(=O)c2cccc(Br)c2)cc1OC. The minimum absolute atomic E-state index is 0.245. The number of rotatable bonds is 9. The minimum atomic E-state index is -0.611. The van der Waals surface area contributed by atoms with Crippen LogP contribution in [0.3, 0.4) is 0 Å².